The van der Waals surface area contributed by atoms with Crippen LogP contribution in [0.4, 0.5) is 0 Å². The molecule has 0 spiro atoms. The van der Waals surface area contributed by atoms with Crippen LogP contribution >= 0.6 is 0 Å². The second-order valence-corrected chi connectivity index (χ2v) is 7.22. The SMILES string of the molecule is CCOc1ccc(OCCNS(=O)(=O)c2ccc3c(c2)OCCO3)cc1. The van der Waals surface area contributed by atoms with Gasteiger partial charge < -0.3 is 18.9 Å². The number of sulfonamides is 1. The van der Waals surface area contributed by atoms with Gasteiger partial charge in [-0.3, -0.25) is 0 Å². The molecule has 0 amide bonds. The van der Waals surface area contributed by atoms with Crippen LogP contribution in [0.5, 0.6) is 23.0 Å². The quantitative estimate of drug-likeness (QED) is 0.708. The standard InChI is InChI=1S/C18H21NO6S/c1-2-22-14-3-5-15(6-4-14)23-10-9-19-26(20,21)16-7-8-17-18(13-16)25-12-11-24-17/h3-8,13,19H,2,9-12H2,1H3. The molecule has 0 aromatic heterocycles. The Bertz CT molecular complexity index is 835. The average molecular weight is 379 g/mol. The van der Waals surface area contributed by atoms with Gasteiger partial charge in [0.2, 0.25) is 10.0 Å². The molecule has 0 bridgehead atoms. The molecule has 0 aliphatic carbocycles. The summed E-state index contributed by atoms with van der Waals surface area (Å²) in [5, 5.41) is 0. The molecule has 140 valence electrons. The molecule has 7 nitrogen and oxygen atoms in total. The highest BCUT2D eigenvalue weighted by Gasteiger charge is 2.19. The molecule has 0 radical (unpaired) electrons. The highest BCUT2D eigenvalue weighted by molar-refractivity contribution is 7.89. The van der Waals surface area contributed by atoms with Crippen LogP contribution in [0, 0.1) is 0 Å². The first-order valence-corrected chi connectivity index (χ1v) is 9.82. The number of ether oxygens (including phenoxy) is 4. The van der Waals surface area contributed by atoms with E-state index in [-0.39, 0.29) is 18.0 Å². The van der Waals surface area contributed by atoms with E-state index in [4.69, 9.17) is 18.9 Å². The molecule has 1 aliphatic heterocycles. The van der Waals surface area contributed by atoms with E-state index in [1.54, 1.807) is 30.3 Å². The Kier molecular flexibility index (Phi) is 5.85. The van der Waals surface area contributed by atoms with Crippen molar-refractivity contribution in [1.82, 2.24) is 4.72 Å². The van der Waals surface area contributed by atoms with Crippen molar-refractivity contribution in [3.8, 4) is 23.0 Å². The third-order valence-corrected chi connectivity index (χ3v) is 5.08. The highest BCUT2D eigenvalue weighted by atomic mass is 32.2. The van der Waals surface area contributed by atoms with Gasteiger partial charge in [0.1, 0.15) is 31.3 Å². The Labute approximate surface area is 152 Å². The van der Waals surface area contributed by atoms with Crippen molar-refractivity contribution >= 4 is 10.0 Å². The molecule has 0 unspecified atom stereocenters. The Morgan fingerprint density at radius 1 is 0.962 bits per heavy atom. The van der Waals surface area contributed by atoms with Crippen LogP contribution in [0.15, 0.2) is 47.4 Å². The zero-order valence-electron chi connectivity index (χ0n) is 14.4. The van der Waals surface area contributed by atoms with Crippen molar-refractivity contribution < 1.29 is 27.4 Å². The zero-order chi connectivity index (χ0) is 18.4. The molecule has 26 heavy (non-hydrogen) atoms. The summed E-state index contributed by atoms with van der Waals surface area (Å²) in [7, 11) is -3.65. The fourth-order valence-corrected chi connectivity index (χ4v) is 3.45. The minimum absolute atomic E-state index is 0.128. The zero-order valence-corrected chi connectivity index (χ0v) is 15.3. The van der Waals surface area contributed by atoms with Crippen LogP contribution in [0.3, 0.4) is 0 Å². The van der Waals surface area contributed by atoms with Crippen LogP contribution in [-0.4, -0.2) is 41.4 Å². The molecule has 2 aromatic rings. The monoisotopic (exact) mass is 379 g/mol. The van der Waals surface area contributed by atoms with Gasteiger partial charge in [0.25, 0.3) is 0 Å². The number of fused-ring (bicyclic) bond motifs is 1. The fraction of sp³-hybridized carbons (Fsp3) is 0.333. The summed E-state index contributed by atoms with van der Waals surface area (Å²) < 4.78 is 48.9. The summed E-state index contributed by atoms with van der Waals surface area (Å²) >= 11 is 0. The van der Waals surface area contributed by atoms with Gasteiger partial charge in [-0.25, -0.2) is 13.1 Å². The van der Waals surface area contributed by atoms with E-state index in [1.165, 1.54) is 12.1 Å². The molecule has 1 aliphatic rings. The van der Waals surface area contributed by atoms with Gasteiger partial charge in [0.15, 0.2) is 11.5 Å². The first kappa shape index (κ1) is 18.3. The van der Waals surface area contributed by atoms with Crippen molar-refractivity contribution in [3.63, 3.8) is 0 Å². The van der Waals surface area contributed by atoms with Gasteiger partial charge in [0.05, 0.1) is 11.5 Å². The summed E-state index contributed by atoms with van der Waals surface area (Å²) in [6, 6.07) is 11.7. The Morgan fingerprint density at radius 3 is 2.31 bits per heavy atom. The van der Waals surface area contributed by atoms with Crippen LogP contribution < -0.4 is 23.7 Å². The molecule has 0 fully saturated rings. The number of hydrogen-bond donors (Lipinski definition) is 1. The summed E-state index contributed by atoms with van der Waals surface area (Å²) in [6.45, 7) is 3.72. The molecular formula is C18H21NO6S. The van der Waals surface area contributed by atoms with Gasteiger partial charge in [-0.15, -0.1) is 0 Å². The van der Waals surface area contributed by atoms with E-state index >= 15 is 0 Å². The summed E-state index contributed by atoms with van der Waals surface area (Å²) in [5.74, 6) is 2.39. The summed E-state index contributed by atoms with van der Waals surface area (Å²) in [5.41, 5.74) is 0. The summed E-state index contributed by atoms with van der Waals surface area (Å²) in [4.78, 5) is 0.128. The maximum atomic E-state index is 12.4. The maximum Gasteiger partial charge on any atom is 0.240 e. The second kappa shape index (κ2) is 8.29. The third-order valence-electron chi connectivity index (χ3n) is 3.62. The van der Waals surface area contributed by atoms with Crippen LogP contribution in [0.2, 0.25) is 0 Å². The predicted octanol–water partition coefficient (Wildman–Crippen LogP) is 2.21. The van der Waals surface area contributed by atoms with Crippen molar-refractivity contribution in [2.45, 2.75) is 11.8 Å². The first-order valence-electron chi connectivity index (χ1n) is 8.33. The van der Waals surface area contributed by atoms with Gasteiger partial charge in [-0.05, 0) is 43.3 Å². The van der Waals surface area contributed by atoms with Crippen molar-refractivity contribution in [3.05, 3.63) is 42.5 Å². The lowest BCUT2D eigenvalue weighted by Gasteiger charge is -2.19. The van der Waals surface area contributed by atoms with Crippen LogP contribution in [-0.2, 0) is 10.0 Å². The Balaban J connectivity index is 1.52. The number of hydrogen-bond acceptors (Lipinski definition) is 6. The first-order chi connectivity index (χ1) is 12.6. The Hall–Kier alpha value is -2.45. The topological polar surface area (TPSA) is 83.1 Å². The molecule has 1 heterocycles. The summed E-state index contributed by atoms with van der Waals surface area (Å²) in [6.07, 6.45) is 0. The smallest absolute Gasteiger partial charge is 0.240 e. The molecule has 0 saturated carbocycles. The van der Waals surface area contributed by atoms with E-state index in [9.17, 15) is 8.42 Å². The van der Waals surface area contributed by atoms with E-state index < -0.39 is 10.0 Å². The minimum atomic E-state index is -3.65. The lowest BCUT2D eigenvalue weighted by atomic mass is 10.3. The average Bonchev–Trinajstić information content (AvgIpc) is 2.66. The normalized spacial score (nSPS) is 13.3. The van der Waals surface area contributed by atoms with Crippen molar-refractivity contribution in [2.24, 2.45) is 0 Å². The molecule has 0 saturated heterocycles. The van der Waals surface area contributed by atoms with Gasteiger partial charge in [-0.2, -0.15) is 0 Å². The number of benzene rings is 2. The van der Waals surface area contributed by atoms with Crippen LogP contribution in [0.1, 0.15) is 6.92 Å². The highest BCUT2D eigenvalue weighted by Crippen LogP contribution is 2.32. The number of rotatable bonds is 8. The van der Waals surface area contributed by atoms with E-state index in [0.717, 1.165) is 5.75 Å². The van der Waals surface area contributed by atoms with Gasteiger partial charge in [-0.1, -0.05) is 0 Å². The van der Waals surface area contributed by atoms with E-state index in [2.05, 4.69) is 4.72 Å². The van der Waals surface area contributed by atoms with Crippen molar-refractivity contribution in [1.29, 1.82) is 0 Å². The second-order valence-electron chi connectivity index (χ2n) is 5.46. The molecule has 2 aromatic carbocycles. The molecule has 8 heteroatoms. The molecule has 0 atom stereocenters. The van der Waals surface area contributed by atoms with E-state index in [0.29, 0.717) is 37.1 Å². The van der Waals surface area contributed by atoms with Crippen LogP contribution in [0.25, 0.3) is 0 Å². The largest absolute Gasteiger partial charge is 0.494 e. The fourth-order valence-electron chi connectivity index (χ4n) is 2.42. The predicted molar refractivity (Wildman–Crippen MR) is 95.7 cm³/mol. The van der Waals surface area contributed by atoms with E-state index in [1.807, 2.05) is 6.92 Å². The van der Waals surface area contributed by atoms with Crippen molar-refractivity contribution in [2.75, 3.05) is 33.0 Å². The lowest BCUT2D eigenvalue weighted by molar-refractivity contribution is 0.171. The molecule has 1 N–H and O–H groups in total. The maximum absolute atomic E-state index is 12.4. The number of nitrogens with one attached hydrogen (secondary N) is 1. The third kappa shape index (κ3) is 4.59. The Morgan fingerprint density at radius 2 is 1.62 bits per heavy atom. The minimum Gasteiger partial charge on any atom is -0.494 e. The van der Waals surface area contributed by atoms with Gasteiger partial charge in [0, 0.05) is 12.6 Å². The molecule has 3 rings (SSSR count). The van der Waals surface area contributed by atoms with Gasteiger partial charge >= 0.3 is 0 Å². The molecular weight excluding hydrogens is 358 g/mol. The lowest BCUT2D eigenvalue weighted by Crippen LogP contribution is -2.28.